The highest BCUT2D eigenvalue weighted by atomic mass is 19.1. The van der Waals surface area contributed by atoms with Crippen LogP contribution < -0.4 is 4.74 Å². The van der Waals surface area contributed by atoms with E-state index in [0.29, 0.717) is 25.8 Å². The van der Waals surface area contributed by atoms with E-state index in [4.69, 9.17) is 9.84 Å². The normalized spacial score (nSPS) is 10.3. The van der Waals surface area contributed by atoms with Gasteiger partial charge in [0.25, 0.3) is 0 Å². The summed E-state index contributed by atoms with van der Waals surface area (Å²) in [6.45, 7) is 0.541. The molecule has 1 N–H and O–H groups in total. The Kier molecular flexibility index (Phi) is 6.29. The SMILES string of the molecule is COc1ccc(CCN(C)C(=O)CCCO)cc1F. The van der Waals surface area contributed by atoms with Crippen molar-refractivity contribution in [3.05, 3.63) is 29.6 Å². The molecule has 106 valence electrons. The zero-order valence-electron chi connectivity index (χ0n) is 11.4. The molecule has 0 atom stereocenters. The van der Waals surface area contributed by atoms with Crippen molar-refractivity contribution in [2.75, 3.05) is 27.3 Å². The van der Waals surface area contributed by atoms with Gasteiger partial charge in [-0.15, -0.1) is 0 Å². The van der Waals surface area contributed by atoms with Gasteiger partial charge in [0.15, 0.2) is 11.6 Å². The Morgan fingerprint density at radius 3 is 2.79 bits per heavy atom. The number of carbonyl (C=O) groups is 1. The number of ether oxygens (including phenoxy) is 1. The van der Waals surface area contributed by atoms with E-state index in [1.165, 1.54) is 13.2 Å². The van der Waals surface area contributed by atoms with Crippen LogP contribution in [0.4, 0.5) is 4.39 Å². The summed E-state index contributed by atoms with van der Waals surface area (Å²) in [5.41, 5.74) is 0.820. The molecule has 5 heteroatoms. The largest absolute Gasteiger partial charge is 0.494 e. The molecule has 0 bridgehead atoms. The minimum atomic E-state index is -0.394. The van der Waals surface area contributed by atoms with Gasteiger partial charge < -0.3 is 14.7 Å². The molecule has 1 aromatic carbocycles. The number of likely N-dealkylation sites (N-methyl/N-ethyl adjacent to an activating group) is 1. The number of benzene rings is 1. The maximum atomic E-state index is 13.5. The van der Waals surface area contributed by atoms with Crippen LogP contribution in [0, 0.1) is 5.82 Å². The number of nitrogens with zero attached hydrogens (tertiary/aromatic N) is 1. The zero-order chi connectivity index (χ0) is 14.3. The Morgan fingerprint density at radius 1 is 1.47 bits per heavy atom. The summed E-state index contributed by atoms with van der Waals surface area (Å²) < 4.78 is 18.3. The van der Waals surface area contributed by atoms with E-state index in [2.05, 4.69) is 0 Å². The quantitative estimate of drug-likeness (QED) is 0.818. The van der Waals surface area contributed by atoms with Crippen molar-refractivity contribution in [2.45, 2.75) is 19.3 Å². The van der Waals surface area contributed by atoms with Gasteiger partial charge in [-0.3, -0.25) is 4.79 Å². The van der Waals surface area contributed by atoms with Gasteiger partial charge in [-0.2, -0.15) is 0 Å². The molecule has 1 aromatic rings. The van der Waals surface area contributed by atoms with Gasteiger partial charge in [0.05, 0.1) is 7.11 Å². The van der Waals surface area contributed by atoms with Crippen LogP contribution in [0.3, 0.4) is 0 Å². The second kappa shape index (κ2) is 7.74. The average Bonchev–Trinajstić information content (AvgIpc) is 2.42. The number of rotatable bonds is 7. The first kappa shape index (κ1) is 15.4. The molecule has 4 nitrogen and oxygen atoms in total. The third kappa shape index (κ3) is 4.87. The van der Waals surface area contributed by atoms with Crippen molar-refractivity contribution in [2.24, 2.45) is 0 Å². The fraction of sp³-hybridized carbons (Fsp3) is 0.500. The molecular formula is C14H20FNO3. The summed E-state index contributed by atoms with van der Waals surface area (Å²) in [5.74, 6) is -0.187. The maximum absolute atomic E-state index is 13.5. The molecule has 0 aliphatic carbocycles. The van der Waals surface area contributed by atoms with Crippen LogP contribution in [0.25, 0.3) is 0 Å². The van der Waals surface area contributed by atoms with E-state index in [1.807, 2.05) is 0 Å². The van der Waals surface area contributed by atoms with Gasteiger partial charge in [-0.05, 0) is 30.5 Å². The first-order valence-electron chi connectivity index (χ1n) is 6.25. The second-order valence-corrected chi connectivity index (χ2v) is 4.36. The van der Waals surface area contributed by atoms with E-state index < -0.39 is 5.82 Å². The number of methoxy groups -OCH3 is 1. The summed E-state index contributed by atoms with van der Waals surface area (Å²) >= 11 is 0. The minimum absolute atomic E-state index is 0.0111. The Hall–Kier alpha value is -1.62. The van der Waals surface area contributed by atoms with Crippen LogP contribution >= 0.6 is 0 Å². The van der Waals surface area contributed by atoms with Gasteiger partial charge in [-0.1, -0.05) is 6.07 Å². The molecule has 0 heterocycles. The molecule has 0 saturated heterocycles. The van der Waals surface area contributed by atoms with E-state index >= 15 is 0 Å². The smallest absolute Gasteiger partial charge is 0.222 e. The summed E-state index contributed by atoms with van der Waals surface area (Å²) in [6, 6.07) is 4.79. The Morgan fingerprint density at radius 2 is 2.21 bits per heavy atom. The molecule has 1 rings (SSSR count). The summed E-state index contributed by atoms with van der Waals surface area (Å²) in [7, 11) is 3.13. The molecule has 0 aliphatic heterocycles. The van der Waals surface area contributed by atoms with Gasteiger partial charge >= 0.3 is 0 Å². The zero-order valence-corrected chi connectivity index (χ0v) is 11.4. The lowest BCUT2D eigenvalue weighted by atomic mass is 10.1. The number of hydrogen-bond acceptors (Lipinski definition) is 3. The van der Waals surface area contributed by atoms with E-state index in [-0.39, 0.29) is 18.3 Å². The third-order valence-corrected chi connectivity index (χ3v) is 2.93. The molecular weight excluding hydrogens is 249 g/mol. The van der Waals surface area contributed by atoms with Gasteiger partial charge in [0.2, 0.25) is 5.91 Å². The standard InChI is InChI=1S/C14H20FNO3/c1-16(14(18)4-3-9-17)8-7-11-5-6-13(19-2)12(15)10-11/h5-6,10,17H,3-4,7-9H2,1-2H3. The molecule has 0 spiro atoms. The van der Waals surface area contributed by atoms with Crippen molar-refractivity contribution < 1.29 is 19.0 Å². The number of carbonyl (C=O) groups excluding carboxylic acids is 1. The monoisotopic (exact) mass is 269 g/mol. The molecule has 0 unspecified atom stereocenters. The van der Waals surface area contributed by atoms with Crippen LogP contribution in [0.15, 0.2) is 18.2 Å². The predicted octanol–water partition coefficient (Wildman–Crippen LogP) is 1.61. The fourth-order valence-corrected chi connectivity index (χ4v) is 1.71. The van der Waals surface area contributed by atoms with Crippen LogP contribution in [-0.4, -0.2) is 43.2 Å². The highest BCUT2D eigenvalue weighted by Crippen LogP contribution is 2.18. The third-order valence-electron chi connectivity index (χ3n) is 2.93. The van der Waals surface area contributed by atoms with Gasteiger partial charge in [-0.25, -0.2) is 4.39 Å². The Balaban J connectivity index is 2.48. The van der Waals surface area contributed by atoms with Crippen molar-refractivity contribution >= 4 is 5.91 Å². The average molecular weight is 269 g/mol. The number of halogens is 1. The molecule has 0 aliphatic rings. The molecule has 19 heavy (non-hydrogen) atoms. The highest BCUT2D eigenvalue weighted by Gasteiger charge is 2.09. The topological polar surface area (TPSA) is 49.8 Å². The second-order valence-electron chi connectivity index (χ2n) is 4.36. The summed E-state index contributed by atoms with van der Waals surface area (Å²) in [4.78, 5) is 13.2. The Labute approximate surface area is 112 Å². The lowest BCUT2D eigenvalue weighted by molar-refractivity contribution is -0.130. The summed E-state index contributed by atoms with van der Waals surface area (Å²) in [6.07, 6.45) is 1.40. The molecule has 0 radical (unpaired) electrons. The van der Waals surface area contributed by atoms with Crippen LogP contribution in [0.5, 0.6) is 5.75 Å². The molecule has 0 fully saturated rings. The van der Waals surface area contributed by atoms with Gasteiger partial charge in [0.1, 0.15) is 0 Å². The van der Waals surface area contributed by atoms with Crippen molar-refractivity contribution in [1.29, 1.82) is 0 Å². The molecule has 1 amide bonds. The van der Waals surface area contributed by atoms with E-state index in [0.717, 1.165) is 5.56 Å². The summed E-state index contributed by atoms with van der Waals surface area (Å²) in [5, 5.41) is 8.66. The van der Waals surface area contributed by atoms with Gasteiger partial charge in [0, 0.05) is 26.6 Å². The highest BCUT2D eigenvalue weighted by molar-refractivity contribution is 5.75. The molecule has 0 saturated carbocycles. The van der Waals surface area contributed by atoms with Crippen LogP contribution in [0.2, 0.25) is 0 Å². The Bertz CT molecular complexity index is 423. The predicted molar refractivity (Wildman–Crippen MR) is 70.6 cm³/mol. The number of aliphatic hydroxyl groups is 1. The molecule has 0 aromatic heterocycles. The first-order valence-corrected chi connectivity index (χ1v) is 6.25. The lowest BCUT2D eigenvalue weighted by Gasteiger charge is -2.17. The maximum Gasteiger partial charge on any atom is 0.222 e. The number of aliphatic hydroxyl groups excluding tert-OH is 1. The van der Waals surface area contributed by atoms with E-state index in [9.17, 15) is 9.18 Å². The minimum Gasteiger partial charge on any atom is -0.494 e. The van der Waals surface area contributed by atoms with Crippen LogP contribution in [-0.2, 0) is 11.2 Å². The number of hydrogen-bond donors (Lipinski definition) is 1. The first-order chi connectivity index (χ1) is 9.08. The van der Waals surface area contributed by atoms with Crippen LogP contribution in [0.1, 0.15) is 18.4 Å². The fourth-order valence-electron chi connectivity index (χ4n) is 1.71. The van der Waals surface area contributed by atoms with E-state index in [1.54, 1.807) is 24.1 Å². The van der Waals surface area contributed by atoms with Crippen molar-refractivity contribution in [3.8, 4) is 5.75 Å². The van der Waals surface area contributed by atoms with Crippen molar-refractivity contribution in [1.82, 2.24) is 4.90 Å². The lowest BCUT2D eigenvalue weighted by Crippen LogP contribution is -2.28. The number of amides is 1. The van der Waals surface area contributed by atoms with Crippen molar-refractivity contribution in [3.63, 3.8) is 0 Å².